The molecule has 0 radical (unpaired) electrons. The van der Waals surface area contributed by atoms with Crippen LogP contribution in [-0.4, -0.2) is 53.6 Å². The maximum Gasteiger partial charge on any atom is 0.417 e. The molecule has 1 saturated heterocycles. The van der Waals surface area contributed by atoms with E-state index in [1.54, 1.807) is 13.8 Å². The second-order valence-electron chi connectivity index (χ2n) is 4.72. The van der Waals surface area contributed by atoms with E-state index in [-0.39, 0.29) is 5.91 Å². The summed E-state index contributed by atoms with van der Waals surface area (Å²) in [6.45, 7) is 10.8. The lowest BCUT2D eigenvalue weighted by Crippen LogP contribution is -2.37. The highest BCUT2D eigenvalue weighted by atomic mass is 16.6. The highest BCUT2D eigenvalue weighted by Crippen LogP contribution is 2.23. The van der Waals surface area contributed by atoms with E-state index in [2.05, 4.69) is 18.7 Å². The van der Waals surface area contributed by atoms with E-state index in [0.717, 1.165) is 26.1 Å². The van der Waals surface area contributed by atoms with Crippen molar-refractivity contribution in [3.63, 3.8) is 0 Å². The molecular formula is C12H22N2O3. The van der Waals surface area contributed by atoms with Crippen LogP contribution in [0.4, 0.5) is 4.79 Å². The number of hydrogen-bond acceptors (Lipinski definition) is 4. The Bertz CT molecular complexity index is 298. The average Bonchev–Trinajstić information content (AvgIpc) is 2.46. The van der Waals surface area contributed by atoms with Crippen molar-refractivity contribution in [3.8, 4) is 0 Å². The number of ether oxygens (including phenoxy) is 1. The summed E-state index contributed by atoms with van der Waals surface area (Å²) in [4.78, 5) is 26.8. The summed E-state index contributed by atoms with van der Waals surface area (Å²) < 4.78 is 5.01. The zero-order valence-corrected chi connectivity index (χ0v) is 11.2. The van der Waals surface area contributed by atoms with Gasteiger partial charge in [0.1, 0.15) is 0 Å². The lowest BCUT2D eigenvalue weighted by Gasteiger charge is -2.19. The monoisotopic (exact) mass is 242 g/mol. The lowest BCUT2D eigenvalue weighted by molar-refractivity contribution is -0.134. The van der Waals surface area contributed by atoms with Gasteiger partial charge in [-0.25, -0.2) is 9.69 Å². The van der Waals surface area contributed by atoms with Gasteiger partial charge in [0.15, 0.2) is 5.60 Å². The molecule has 1 fully saturated rings. The number of hydrogen-bond donors (Lipinski definition) is 0. The van der Waals surface area contributed by atoms with Crippen LogP contribution in [-0.2, 0) is 9.53 Å². The molecule has 0 aromatic rings. The first-order valence-electron chi connectivity index (χ1n) is 6.19. The van der Waals surface area contributed by atoms with Gasteiger partial charge in [0.2, 0.25) is 0 Å². The summed E-state index contributed by atoms with van der Waals surface area (Å²) in [6, 6.07) is 0. The molecule has 0 aliphatic carbocycles. The van der Waals surface area contributed by atoms with Crippen molar-refractivity contribution in [2.75, 3.05) is 26.2 Å². The van der Waals surface area contributed by atoms with Gasteiger partial charge in [-0.3, -0.25) is 4.79 Å². The molecule has 0 aromatic carbocycles. The quantitative estimate of drug-likeness (QED) is 0.708. The van der Waals surface area contributed by atoms with E-state index < -0.39 is 11.7 Å². The van der Waals surface area contributed by atoms with Gasteiger partial charge in [-0.05, 0) is 39.9 Å². The van der Waals surface area contributed by atoms with Crippen LogP contribution in [0.25, 0.3) is 0 Å². The van der Waals surface area contributed by atoms with Crippen molar-refractivity contribution >= 4 is 12.0 Å². The third-order valence-corrected chi connectivity index (χ3v) is 3.07. The fraction of sp³-hybridized carbons (Fsp3) is 0.833. The second kappa shape index (κ2) is 5.49. The molecule has 0 aromatic heterocycles. The van der Waals surface area contributed by atoms with Gasteiger partial charge in [0, 0.05) is 6.54 Å². The summed E-state index contributed by atoms with van der Waals surface area (Å²) >= 11 is 0. The molecule has 5 nitrogen and oxygen atoms in total. The number of carbonyl (C=O) groups is 2. The first kappa shape index (κ1) is 14.0. The summed E-state index contributed by atoms with van der Waals surface area (Å²) in [7, 11) is 0. The van der Waals surface area contributed by atoms with E-state index in [0.29, 0.717) is 6.54 Å². The van der Waals surface area contributed by atoms with Crippen LogP contribution in [0.2, 0.25) is 0 Å². The van der Waals surface area contributed by atoms with Gasteiger partial charge in [0.05, 0.1) is 0 Å². The normalized spacial score (nSPS) is 19.0. The Morgan fingerprint density at radius 3 is 2.24 bits per heavy atom. The standard InChI is InChI=1S/C12H22N2O3/c1-5-13(6-2)8-7-9-14-10(15)12(3,4)17-11(14)16/h5-9H2,1-4H3. The molecule has 1 heterocycles. The Labute approximate surface area is 103 Å². The van der Waals surface area contributed by atoms with Crippen LogP contribution in [0.5, 0.6) is 0 Å². The minimum absolute atomic E-state index is 0.234. The second-order valence-corrected chi connectivity index (χ2v) is 4.72. The van der Waals surface area contributed by atoms with Gasteiger partial charge in [-0.15, -0.1) is 0 Å². The van der Waals surface area contributed by atoms with Crippen molar-refractivity contribution in [1.82, 2.24) is 9.80 Å². The minimum atomic E-state index is -0.994. The van der Waals surface area contributed by atoms with Gasteiger partial charge < -0.3 is 9.64 Å². The van der Waals surface area contributed by atoms with Gasteiger partial charge in [-0.1, -0.05) is 13.8 Å². The van der Waals surface area contributed by atoms with Crippen LogP contribution in [0.1, 0.15) is 34.1 Å². The molecule has 5 heteroatoms. The van der Waals surface area contributed by atoms with Crippen molar-refractivity contribution in [3.05, 3.63) is 0 Å². The summed E-state index contributed by atoms with van der Waals surface area (Å²) in [5.74, 6) is -0.234. The number of cyclic esters (lactones) is 1. The van der Waals surface area contributed by atoms with Gasteiger partial charge in [-0.2, -0.15) is 0 Å². The van der Waals surface area contributed by atoms with Gasteiger partial charge in [0.25, 0.3) is 5.91 Å². The van der Waals surface area contributed by atoms with Crippen LogP contribution < -0.4 is 0 Å². The Morgan fingerprint density at radius 2 is 1.82 bits per heavy atom. The first-order chi connectivity index (χ1) is 7.92. The van der Waals surface area contributed by atoms with Gasteiger partial charge >= 0.3 is 6.09 Å². The molecule has 98 valence electrons. The predicted octanol–water partition coefficient (Wildman–Crippen LogP) is 1.48. The smallest absolute Gasteiger partial charge is 0.417 e. The number of nitrogens with zero attached hydrogens (tertiary/aromatic N) is 2. The van der Waals surface area contributed by atoms with Crippen molar-refractivity contribution in [2.45, 2.75) is 39.7 Å². The van der Waals surface area contributed by atoms with Crippen LogP contribution in [0.3, 0.4) is 0 Å². The molecule has 0 saturated carbocycles. The molecule has 0 unspecified atom stereocenters. The Balaban J connectivity index is 2.42. The highest BCUT2D eigenvalue weighted by Gasteiger charge is 2.46. The Hall–Kier alpha value is -1.10. The molecule has 1 aliphatic heterocycles. The molecule has 2 amide bonds. The lowest BCUT2D eigenvalue weighted by atomic mass is 10.1. The summed E-state index contributed by atoms with van der Waals surface area (Å²) in [5, 5.41) is 0. The third-order valence-electron chi connectivity index (χ3n) is 3.07. The van der Waals surface area contributed by atoms with Crippen molar-refractivity contribution in [1.29, 1.82) is 0 Å². The van der Waals surface area contributed by atoms with E-state index in [4.69, 9.17) is 4.74 Å². The maximum absolute atomic E-state index is 11.8. The zero-order valence-electron chi connectivity index (χ0n) is 11.2. The minimum Gasteiger partial charge on any atom is -0.433 e. The van der Waals surface area contributed by atoms with Crippen LogP contribution in [0.15, 0.2) is 0 Å². The number of imide groups is 1. The zero-order chi connectivity index (χ0) is 13.1. The summed E-state index contributed by atoms with van der Waals surface area (Å²) in [5.41, 5.74) is -0.994. The molecular weight excluding hydrogens is 220 g/mol. The molecule has 0 spiro atoms. The summed E-state index contributed by atoms with van der Waals surface area (Å²) in [6.07, 6.45) is 0.276. The maximum atomic E-state index is 11.8. The van der Waals surface area contributed by atoms with Crippen LogP contribution in [0, 0.1) is 0 Å². The molecule has 0 bridgehead atoms. The molecule has 0 atom stereocenters. The average molecular weight is 242 g/mol. The third kappa shape index (κ3) is 3.19. The fourth-order valence-corrected chi connectivity index (χ4v) is 1.91. The molecule has 1 aliphatic rings. The van der Waals surface area contributed by atoms with Crippen molar-refractivity contribution < 1.29 is 14.3 Å². The molecule has 17 heavy (non-hydrogen) atoms. The fourth-order valence-electron chi connectivity index (χ4n) is 1.91. The largest absolute Gasteiger partial charge is 0.433 e. The number of amides is 2. The van der Waals surface area contributed by atoms with E-state index >= 15 is 0 Å². The number of rotatable bonds is 6. The molecule has 0 N–H and O–H groups in total. The Kier molecular flexibility index (Phi) is 4.51. The SMILES string of the molecule is CCN(CC)CCCN1C(=O)OC(C)(C)C1=O. The van der Waals surface area contributed by atoms with Crippen molar-refractivity contribution in [2.24, 2.45) is 0 Å². The topological polar surface area (TPSA) is 49.9 Å². The van der Waals surface area contributed by atoms with E-state index in [1.807, 2.05) is 0 Å². The Morgan fingerprint density at radius 1 is 1.24 bits per heavy atom. The first-order valence-corrected chi connectivity index (χ1v) is 6.19. The van der Waals surface area contributed by atoms with E-state index in [1.165, 1.54) is 4.90 Å². The predicted molar refractivity (Wildman–Crippen MR) is 64.7 cm³/mol. The molecule has 1 rings (SSSR count). The van der Waals surface area contributed by atoms with E-state index in [9.17, 15) is 9.59 Å². The number of carbonyl (C=O) groups excluding carboxylic acids is 2. The van der Waals surface area contributed by atoms with Crippen LogP contribution >= 0.6 is 0 Å². The highest BCUT2D eigenvalue weighted by molar-refractivity contribution is 6.02.